The zero-order valence-corrected chi connectivity index (χ0v) is 14.0. The number of anilines is 2. The first-order chi connectivity index (χ1) is 12.4. The first-order valence-corrected chi connectivity index (χ1v) is 7.33. The van der Waals surface area contributed by atoms with E-state index in [1.54, 1.807) is 26.1 Å². The Labute approximate surface area is 147 Å². The first-order valence-electron chi connectivity index (χ1n) is 7.33. The van der Waals surface area contributed by atoms with Gasteiger partial charge in [0.1, 0.15) is 22.9 Å². The van der Waals surface area contributed by atoms with Crippen LogP contribution in [0.2, 0.25) is 0 Å². The summed E-state index contributed by atoms with van der Waals surface area (Å²) in [7, 11) is 1.64. The highest BCUT2D eigenvalue weighted by atomic mass is 19.3. The molecule has 9 nitrogen and oxygen atoms in total. The molecular formula is C15H17F2N7O2. The maximum absolute atomic E-state index is 12.6. The number of hydrogen-bond acceptors (Lipinski definition) is 7. The predicted molar refractivity (Wildman–Crippen MR) is 93.2 cm³/mol. The smallest absolute Gasteiger partial charge is 0.388 e. The summed E-state index contributed by atoms with van der Waals surface area (Å²) < 4.78 is 30.8. The van der Waals surface area contributed by atoms with Gasteiger partial charge in [-0.25, -0.2) is 9.98 Å². The Morgan fingerprint density at radius 1 is 1.54 bits per heavy atom. The average Bonchev–Trinajstić information content (AvgIpc) is 3.02. The van der Waals surface area contributed by atoms with Gasteiger partial charge in [0, 0.05) is 13.1 Å². The van der Waals surface area contributed by atoms with Crippen molar-refractivity contribution in [2.45, 2.75) is 13.5 Å². The van der Waals surface area contributed by atoms with Gasteiger partial charge in [0.15, 0.2) is 5.65 Å². The summed E-state index contributed by atoms with van der Waals surface area (Å²) in [5, 5.41) is 9.75. The van der Waals surface area contributed by atoms with Crippen LogP contribution in [0, 0.1) is 0 Å². The predicted octanol–water partition coefficient (Wildman–Crippen LogP) is 1.97. The zero-order chi connectivity index (χ0) is 19.3. The van der Waals surface area contributed by atoms with Gasteiger partial charge in [-0.3, -0.25) is 4.79 Å². The molecule has 0 fully saturated rings. The highest BCUT2D eigenvalue weighted by Gasteiger charge is 2.16. The van der Waals surface area contributed by atoms with Crippen LogP contribution >= 0.6 is 0 Å². The average molecular weight is 365 g/mol. The molecular weight excluding hydrogens is 348 g/mol. The third-order valence-electron chi connectivity index (χ3n) is 3.16. The number of primary amides is 1. The summed E-state index contributed by atoms with van der Waals surface area (Å²) in [6.07, 6.45) is 4.34. The van der Waals surface area contributed by atoms with Crippen LogP contribution in [0.1, 0.15) is 17.3 Å². The van der Waals surface area contributed by atoms with Crippen LogP contribution < -0.4 is 16.4 Å². The van der Waals surface area contributed by atoms with E-state index >= 15 is 0 Å². The van der Waals surface area contributed by atoms with Gasteiger partial charge in [-0.1, -0.05) is 6.08 Å². The number of nitrogens with one attached hydrogen (secondary N) is 2. The standard InChI is InChI=1S/C15H17F2N7O2/c1-4-5-9(14(20-3)26-15(16)17)22-10-6-11(19-2)24-13(23-10)8(7-21-24)12(18)25/h4-7,15,19H,3H2,1-2H3,(H2,18,25)(H,22,23)/b5-4-,14-9-. The number of nitrogens with zero attached hydrogens (tertiary/aromatic N) is 4. The number of halogens is 2. The molecule has 1 amide bonds. The molecule has 0 unspecified atom stereocenters. The van der Waals surface area contributed by atoms with E-state index in [-0.39, 0.29) is 22.7 Å². The third-order valence-corrected chi connectivity index (χ3v) is 3.16. The number of carbonyl (C=O) groups excluding carboxylic acids is 1. The minimum Gasteiger partial charge on any atom is -0.415 e. The second-order valence-corrected chi connectivity index (χ2v) is 4.81. The number of ether oxygens (including phenoxy) is 1. The molecule has 26 heavy (non-hydrogen) atoms. The fraction of sp³-hybridized carbons (Fsp3) is 0.200. The summed E-state index contributed by atoms with van der Waals surface area (Å²) in [4.78, 5) is 19.2. The maximum atomic E-state index is 12.6. The molecule has 0 saturated carbocycles. The van der Waals surface area contributed by atoms with Crippen LogP contribution in [0.4, 0.5) is 20.4 Å². The molecule has 0 saturated heterocycles. The summed E-state index contributed by atoms with van der Waals surface area (Å²) >= 11 is 0. The highest BCUT2D eigenvalue weighted by Crippen LogP contribution is 2.21. The quantitative estimate of drug-likeness (QED) is 0.374. The van der Waals surface area contributed by atoms with E-state index in [9.17, 15) is 13.6 Å². The van der Waals surface area contributed by atoms with Gasteiger partial charge in [0.2, 0.25) is 5.88 Å². The Kier molecular flexibility index (Phi) is 5.83. The second kappa shape index (κ2) is 8.05. The Bertz CT molecular complexity index is 889. The van der Waals surface area contributed by atoms with Crippen molar-refractivity contribution in [3.63, 3.8) is 0 Å². The van der Waals surface area contributed by atoms with E-state index in [4.69, 9.17) is 5.73 Å². The van der Waals surface area contributed by atoms with Crippen LogP contribution in [-0.2, 0) is 4.74 Å². The number of alkyl halides is 2. The number of aliphatic imine (C=N–C) groups is 1. The van der Waals surface area contributed by atoms with Crippen molar-refractivity contribution in [3.05, 3.63) is 41.6 Å². The van der Waals surface area contributed by atoms with Crippen molar-refractivity contribution in [1.29, 1.82) is 0 Å². The third kappa shape index (κ3) is 3.94. The summed E-state index contributed by atoms with van der Waals surface area (Å²) in [5.74, 6) is -0.412. The topological polar surface area (TPSA) is 119 Å². The Morgan fingerprint density at radius 2 is 2.27 bits per heavy atom. The molecule has 0 bridgehead atoms. The highest BCUT2D eigenvalue weighted by molar-refractivity contribution is 5.98. The van der Waals surface area contributed by atoms with Crippen LogP contribution in [-0.4, -0.2) is 40.9 Å². The summed E-state index contributed by atoms with van der Waals surface area (Å²) in [6, 6.07) is 1.55. The van der Waals surface area contributed by atoms with Gasteiger partial charge < -0.3 is 21.1 Å². The lowest BCUT2D eigenvalue weighted by Crippen LogP contribution is -2.13. The monoisotopic (exact) mass is 365 g/mol. The molecule has 138 valence electrons. The number of rotatable bonds is 8. The van der Waals surface area contributed by atoms with E-state index in [0.717, 1.165) is 0 Å². The summed E-state index contributed by atoms with van der Waals surface area (Å²) in [6.45, 7) is 1.83. The number of carbonyl (C=O) groups is 1. The molecule has 2 aromatic rings. The molecule has 0 aliphatic rings. The molecule has 0 aliphatic carbocycles. The molecule has 2 heterocycles. The van der Waals surface area contributed by atoms with Crippen molar-refractivity contribution in [2.24, 2.45) is 10.7 Å². The normalized spacial score (nSPS) is 12.3. The van der Waals surface area contributed by atoms with Gasteiger partial charge in [0.05, 0.1) is 6.20 Å². The van der Waals surface area contributed by atoms with E-state index in [1.807, 2.05) is 0 Å². The van der Waals surface area contributed by atoms with Crippen molar-refractivity contribution >= 4 is 29.9 Å². The van der Waals surface area contributed by atoms with Crippen LogP contribution in [0.3, 0.4) is 0 Å². The zero-order valence-electron chi connectivity index (χ0n) is 14.0. The molecule has 2 rings (SSSR count). The fourth-order valence-electron chi connectivity index (χ4n) is 2.12. The molecule has 0 spiro atoms. The lowest BCUT2D eigenvalue weighted by atomic mass is 10.3. The number of allylic oxidation sites excluding steroid dienone is 2. The minimum atomic E-state index is -3.07. The fourth-order valence-corrected chi connectivity index (χ4v) is 2.12. The lowest BCUT2D eigenvalue weighted by molar-refractivity contribution is -0.0970. The van der Waals surface area contributed by atoms with Gasteiger partial charge >= 0.3 is 6.61 Å². The Balaban J connectivity index is 2.57. The molecule has 11 heteroatoms. The van der Waals surface area contributed by atoms with Crippen LogP contribution in [0.5, 0.6) is 0 Å². The van der Waals surface area contributed by atoms with E-state index in [1.165, 1.54) is 16.8 Å². The molecule has 2 aromatic heterocycles. The van der Waals surface area contributed by atoms with Crippen LogP contribution in [0.25, 0.3) is 5.65 Å². The maximum Gasteiger partial charge on any atom is 0.388 e. The number of fused-ring (bicyclic) bond motifs is 1. The summed E-state index contributed by atoms with van der Waals surface area (Å²) in [5.41, 5.74) is 5.71. The minimum absolute atomic E-state index is 0.0989. The van der Waals surface area contributed by atoms with Gasteiger partial charge in [-0.15, -0.1) is 0 Å². The van der Waals surface area contributed by atoms with E-state index in [2.05, 4.69) is 37.2 Å². The number of hydrogen-bond donors (Lipinski definition) is 3. The van der Waals surface area contributed by atoms with Gasteiger partial charge in [0.25, 0.3) is 5.91 Å². The molecule has 0 aromatic carbocycles. The number of aromatic nitrogens is 3. The Hall–Kier alpha value is -3.50. The number of amides is 1. The van der Waals surface area contributed by atoms with Gasteiger partial charge in [-0.05, 0) is 19.7 Å². The second-order valence-electron chi connectivity index (χ2n) is 4.81. The largest absolute Gasteiger partial charge is 0.415 e. The SMILES string of the molecule is C=N/C(OC(F)F)=C(\C=C/C)Nc1cc(NC)n2ncc(C(N)=O)c2n1. The Morgan fingerprint density at radius 3 is 2.81 bits per heavy atom. The lowest BCUT2D eigenvalue weighted by Gasteiger charge is -2.13. The van der Waals surface area contributed by atoms with Crippen LogP contribution in [0.15, 0.2) is 41.0 Å². The van der Waals surface area contributed by atoms with E-state index < -0.39 is 18.4 Å². The number of nitrogens with two attached hydrogens (primary N) is 1. The molecule has 4 N–H and O–H groups in total. The molecule has 0 aliphatic heterocycles. The molecule has 0 radical (unpaired) electrons. The van der Waals surface area contributed by atoms with E-state index in [0.29, 0.717) is 5.82 Å². The van der Waals surface area contributed by atoms with Gasteiger partial charge in [-0.2, -0.15) is 18.4 Å². The first kappa shape index (κ1) is 18.8. The van der Waals surface area contributed by atoms with Crippen molar-refractivity contribution < 1.29 is 18.3 Å². The van der Waals surface area contributed by atoms with Crippen molar-refractivity contribution in [3.8, 4) is 0 Å². The molecule has 0 atom stereocenters. The van der Waals surface area contributed by atoms with Crippen molar-refractivity contribution in [1.82, 2.24) is 14.6 Å². The van der Waals surface area contributed by atoms with Crippen molar-refractivity contribution in [2.75, 3.05) is 17.7 Å².